The highest BCUT2D eigenvalue weighted by Gasteiger charge is 2.23. The van der Waals surface area contributed by atoms with Crippen molar-refractivity contribution >= 4 is 5.91 Å². The predicted molar refractivity (Wildman–Crippen MR) is 33.5 cm³/mol. The summed E-state index contributed by atoms with van der Waals surface area (Å²) in [6, 6.07) is 0. The van der Waals surface area contributed by atoms with Gasteiger partial charge in [0.25, 0.3) is 0 Å². The molecule has 0 aromatic rings. The molecule has 1 rings (SSSR count). The number of nitrogens with zero attached hydrogens (tertiary/aromatic N) is 1. The number of rotatable bonds is 1. The van der Waals surface area contributed by atoms with Crippen molar-refractivity contribution < 1.29 is 4.79 Å². The highest BCUT2D eigenvalue weighted by Crippen LogP contribution is 2.18. The second-order valence-corrected chi connectivity index (χ2v) is 2.33. The summed E-state index contributed by atoms with van der Waals surface area (Å²) in [5.74, 6) is -0.208. The number of amides is 1. The molecule has 3 heteroatoms. The standard InChI is InChI=1S/C6H10NO2/c1-2-5-3-4-7(9)6(5)8/h5H,2-4H2,1H3/q-1. The third-order valence-corrected chi connectivity index (χ3v) is 1.77. The van der Waals surface area contributed by atoms with E-state index >= 15 is 0 Å². The zero-order valence-corrected chi connectivity index (χ0v) is 5.46. The van der Waals surface area contributed by atoms with Gasteiger partial charge in [0, 0.05) is 12.5 Å². The van der Waals surface area contributed by atoms with Crippen LogP contribution in [0.5, 0.6) is 0 Å². The molecule has 1 saturated heterocycles. The fourth-order valence-corrected chi connectivity index (χ4v) is 1.09. The van der Waals surface area contributed by atoms with Gasteiger partial charge in [-0.3, -0.25) is 4.79 Å². The lowest BCUT2D eigenvalue weighted by Crippen LogP contribution is -2.20. The number of carbonyl (C=O) groups excluding carboxylic acids is 1. The van der Waals surface area contributed by atoms with Gasteiger partial charge in [0.1, 0.15) is 0 Å². The van der Waals surface area contributed by atoms with Crippen molar-refractivity contribution in [2.24, 2.45) is 5.92 Å². The Morgan fingerprint density at radius 3 is 2.78 bits per heavy atom. The molecule has 3 nitrogen and oxygen atoms in total. The maximum Gasteiger partial charge on any atom is 0.215 e. The van der Waals surface area contributed by atoms with Gasteiger partial charge in [-0.15, -0.1) is 0 Å². The van der Waals surface area contributed by atoms with Crippen molar-refractivity contribution in [3.05, 3.63) is 5.21 Å². The van der Waals surface area contributed by atoms with E-state index in [1.807, 2.05) is 6.92 Å². The minimum atomic E-state index is -0.225. The Kier molecular flexibility index (Phi) is 1.71. The van der Waals surface area contributed by atoms with Crippen molar-refractivity contribution in [1.29, 1.82) is 0 Å². The first kappa shape index (κ1) is 6.55. The van der Waals surface area contributed by atoms with E-state index in [9.17, 15) is 10.0 Å². The highest BCUT2D eigenvalue weighted by molar-refractivity contribution is 5.81. The molecule has 0 aromatic carbocycles. The molecule has 1 amide bonds. The van der Waals surface area contributed by atoms with Crippen LogP contribution in [-0.2, 0) is 4.79 Å². The highest BCUT2D eigenvalue weighted by atomic mass is 16.5. The number of hydrogen-bond acceptors (Lipinski definition) is 2. The first-order valence-electron chi connectivity index (χ1n) is 3.24. The summed E-state index contributed by atoms with van der Waals surface area (Å²) >= 11 is 0. The van der Waals surface area contributed by atoms with Crippen LogP contribution in [0.1, 0.15) is 19.8 Å². The van der Waals surface area contributed by atoms with Gasteiger partial charge in [-0.1, -0.05) is 6.92 Å². The van der Waals surface area contributed by atoms with Crippen molar-refractivity contribution in [3.8, 4) is 0 Å². The van der Waals surface area contributed by atoms with Gasteiger partial charge < -0.3 is 10.3 Å². The Balaban J connectivity index is 2.51. The Morgan fingerprint density at radius 2 is 2.56 bits per heavy atom. The van der Waals surface area contributed by atoms with Gasteiger partial charge in [0.15, 0.2) is 0 Å². The fraction of sp³-hybridized carbons (Fsp3) is 0.833. The van der Waals surface area contributed by atoms with Crippen molar-refractivity contribution in [2.45, 2.75) is 19.8 Å². The summed E-state index contributed by atoms with van der Waals surface area (Å²) in [7, 11) is 0. The smallest absolute Gasteiger partial charge is 0.215 e. The minimum absolute atomic E-state index is 0.0162. The van der Waals surface area contributed by atoms with Gasteiger partial charge >= 0.3 is 0 Å². The Hall–Kier alpha value is -0.570. The molecular weight excluding hydrogens is 118 g/mol. The average Bonchev–Trinajstić information content (AvgIpc) is 2.15. The van der Waals surface area contributed by atoms with Crippen LogP contribution in [0, 0.1) is 11.1 Å². The quantitative estimate of drug-likeness (QED) is 0.522. The van der Waals surface area contributed by atoms with Crippen LogP contribution in [0.4, 0.5) is 0 Å². The summed E-state index contributed by atoms with van der Waals surface area (Å²) in [6.45, 7) is 2.33. The summed E-state index contributed by atoms with van der Waals surface area (Å²) in [5, 5.41) is 11.1. The van der Waals surface area contributed by atoms with E-state index in [-0.39, 0.29) is 11.8 Å². The molecule has 0 saturated carbocycles. The molecule has 1 atom stereocenters. The van der Waals surface area contributed by atoms with Crippen molar-refractivity contribution in [2.75, 3.05) is 6.54 Å². The van der Waals surface area contributed by atoms with Gasteiger partial charge in [-0.25, -0.2) is 0 Å². The van der Waals surface area contributed by atoms with E-state index < -0.39 is 0 Å². The van der Waals surface area contributed by atoms with Crippen LogP contribution in [0.25, 0.3) is 0 Å². The second kappa shape index (κ2) is 2.35. The number of carbonyl (C=O) groups is 1. The number of hydroxylamine groups is 2. The molecule has 1 aliphatic rings. The van der Waals surface area contributed by atoms with Gasteiger partial charge in [0.05, 0.1) is 0 Å². The third kappa shape index (κ3) is 1.05. The third-order valence-electron chi connectivity index (χ3n) is 1.77. The Labute approximate surface area is 54.2 Å². The lowest BCUT2D eigenvalue weighted by Gasteiger charge is -2.20. The molecule has 9 heavy (non-hydrogen) atoms. The van der Waals surface area contributed by atoms with Crippen LogP contribution in [0.3, 0.4) is 0 Å². The normalized spacial score (nSPS) is 27.6. The van der Waals surface area contributed by atoms with Crippen LogP contribution in [-0.4, -0.2) is 17.5 Å². The van der Waals surface area contributed by atoms with Gasteiger partial charge in [-0.05, 0) is 12.8 Å². The molecule has 1 aliphatic heterocycles. The lowest BCUT2D eigenvalue weighted by atomic mass is 10.1. The Bertz CT molecular complexity index is 124. The maximum absolute atomic E-state index is 10.7. The molecule has 1 unspecified atom stereocenters. The van der Waals surface area contributed by atoms with E-state index in [1.54, 1.807) is 0 Å². The summed E-state index contributed by atoms with van der Waals surface area (Å²) in [5.41, 5.74) is 0. The molecule has 0 N–H and O–H groups in total. The molecule has 0 bridgehead atoms. The topological polar surface area (TPSA) is 43.4 Å². The molecule has 0 aliphatic carbocycles. The summed E-state index contributed by atoms with van der Waals surface area (Å²) in [4.78, 5) is 10.7. The molecule has 0 radical (unpaired) electrons. The summed E-state index contributed by atoms with van der Waals surface area (Å²) < 4.78 is 0. The van der Waals surface area contributed by atoms with E-state index in [1.165, 1.54) is 0 Å². The number of hydrogen-bond donors (Lipinski definition) is 0. The van der Waals surface area contributed by atoms with Crippen molar-refractivity contribution in [1.82, 2.24) is 5.06 Å². The van der Waals surface area contributed by atoms with Crippen LogP contribution in [0.15, 0.2) is 0 Å². The second-order valence-electron chi connectivity index (χ2n) is 2.33. The van der Waals surface area contributed by atoms with Gasteiger partial charge in [0.2, 0.25) is 5.91 Å². The molecule has 1 fully saturated rings. The van der Waals surface area contributed by atoms with Crippen LogP contribution < -0.4 is 0 Å². The minimum Gasteiger partial charge on any atom is -0.756 e. The van der Waals surface area contributed by atoms with Crippen LogP contribution in [0.2, 0.25) is 0 Å². The largest absolute Gasteiger partial charge is 0.756 e. The maximum atomic E-state index is 10.7. The van der Waals surface area contributed by atoms with E-state index in [0.717, 1.165) is 12.8 Å². The lowest BCUT2D eigenvalue weighted by molar-refractivity contribution is -0.128. The average molecular weight is 128 g/mol. The molecule has 0 spiro atoms. The first-order valence-corrected chi connectivity index (χ1v) is 3.24. The van der Waals surface area contributed by atoms with E-state index in [0.29, 0.717) is 11.6 Å². The predicted octanol–water partition coefficient (Wildman–Crippen LogP) is 0.743. The SMILES string of the molecule is CCC1CCN([O-])C1=O. The van der Waals surface area contributed by atoms with Crippen molar-refractivity contribution in [3.63, 3.8) is 0 Å². The zero-order valence-electron chi connectivity index (χ0n) is 5.46. The molecule has 52 valence electrons. The summed E-state index contributed by atoms with van der Waals surface area (Å²) in [6.07, 6.45) is 1.55. The molecule has 1 heterocycles. The zero-order chi connectivity index (χ0) is 6.85. The van der Waals surface area contributed by atoms with Crippen LogP contribution >= 0.6 is 0 Å². The Morgan fingerprint density at radius 1 is 1.89 bits per heavy atom. The fourth-order valence-electron chi connectivity index (χ4n) is 1.09. The van der Waals surface area contributed by atoms with Gasteiger partial charge in [-0.2, -0.15) is 0 Å². The first-order chi connectivity index (χ1) is 4.25. The van der Waals surface area contributed by atoms with E-state index in [2.05, 4.69) is 0 Å². The molecular formula is C6H10NO2-. The molecule has 0 aromatic heterocycles. The monoisotopic (exact) mass is 128 g/mol. The van der Waals surface area contributed by atoms with E-state index in [4.69, 9.17) is 0 Å².